The van der Waals surface area contributed by atoms with Gasteiger partial charge in [-0.05, 0) is 48.2 Å². The number of carbonyl (C=O) groups is 1. The van der Waals surface area contributed by atoms with E-state index < -0.39 is 0 Å². The molecule has 0 bridgehead atoms. The number of aryl methyl sites for hydroxylation is 2. The molecule has 4 heteroatoms. The van der Waals surface area contributed by atoms with E-state index in [9.17, 15) is 4.79 Å². The Morgan fingerprint density at radius 1 is 1.05 bits per heavy atom. The van der Waals surface area contributed by atoms with Crippen LogP contribution >= 0.6 is 27.7 Å². The minimum atomic E-state index is 0.0449. The summed E-state index contributed by atoms with van der Waals surface area (Å²) in [5.74, 6) is 0.464. The second-order valence-electron chi connectivity index (χ2n) is 4.95. The molecule has 0 aliphatic carbocycles. The van der Waals surface area contributed by atoms with E-state index in [1.165, 1.54) is 11.1 Å². The number of nitrogens with one attached hydrogen (secondary N) is 1. The molecule has 0 saturated heterocycles. The van der Waals surface area contributed by atoms with Crippen LogP contribution in [-0.2, 0) is 17.6 Å². The number of anilines is 1. The number of thioether (sulfide) groups is 1. The minimum absolute atomic E-state index is 0.0449. The van der Waals surface area contributed by atoms with Crippen molar-refractivity contribution >= 4 is 39.3 Å². The van der Waals surface area contributed by atoms with Gasteiger partial charge < -0.3 is 5.32 Å². The zero-order chi connectivity index (χ0) is 15.9. The van der Waals surface area contributed by atoms with Crippen molar-refractivity contribution in [3.05, 3.63) is 58.1 Å². The van der Waals surface area contributed by atoms with Crippen molar-refractivity contribution in [1.82, 2.24) is 0 Å². The second-order valence-corrected chi connectivity index (χ2v) is 6.91. The zero-order valence-corrected chi connectivity index (χ0v) is 15.3. The molecule has 116 valence electrons. The van der Waals surface area contributed by atoms with Gasteiger partial charge in [0.25, 0.3) is 0 Å². The van der Waals surface area contributed by atoms with Gasteiger partial charge in [-0.15, -0.1) is 11.8 Å². The lowest BCUT2D eigenvalue weighted by molar-refractivity contribution is -0.113. The van der Waals surface area contributed by atoms with Gasteiger partial charge >= 0.3 is 0 Å². The molecule has 0 fully saturated rings. The van der Waals surface area contributed by atoms with E-state index in [4.69, 9.17) is 0 Å². The molecule has 2 aromatic rings. The maximum Gasteiger partial charge on any atom is 0.234 e. The molecule has 0 unspecified atom stereocenters. The maximum atomic E-state index is 12.2. The van der Waals surface area contributed by atoms with Crippen molar-refractivity contribution in [2.75, 3.05) is 11.1 Å². The molecule has 0 heterocycles. The van der Waals surface area contributed by atoms with Crippen LogP contribution in [0.3, 0.4) is 0 Å². The molecule has 0 atom stereocenters. The standard InChI is InChI=1S/C18H20BrNOS/c1-3-13-6-5-7-14(4-2)18(13)20-17(21)12-22-16-10-8-15(19)9-11-16/h5-11H,3-4,12H2,1-2H3,(H,20,21). The first-order valence-electron chi connectivity index (χ1n) is 7.43. The lowest BCUT2D eigenvalue weighted by Crippen LogP contribution is -2.16. The minimum Gasteiger partial charge on any atom is -0.325 e. The Hall–Kier alpha value is -1.26. The van der Waals surface area contributed by atoms with Gasteiger partial charge in [0.05, 0.1) is 5.75 Å². The lowest BCUT2D eigenvalue weighted by Gasteiger charge is -2.14. The van der Waals surface area contributed by atoms with Crippen molar-refractivity contribution in [3.8, 4) is 0 Å². The van der Waals surface area contributed by atoms with E-state index in [2.05, 4.69) is 53.3 Å². The summed E-state index contributed by atoms with van der Waals surface area (Å²) < 4.78 is 1.05. The summed E-state index contributed by atoms with van der Waals surface area (Å²) in [5, 5.41) is 3.09. The fraction of sp³-hybridized carbons (Fsp3) is 0.278. The molecule has 0 aliphatic rings. The summed E-state index contributed by atoms with van der Waals surface area (Å²) in [5.41, 5.74) is 3.39. The third kappa shape index (κ3) is 4.62. The first-order valence-corrected chi connectivity index (χ1v) is 9.20. The van der Waals surface area contributed by atoms with Crippen molar-refractivity contribution in [1.29, 1.82) is 0 Å². The lowest BCUT2D eigenvalue weighted by atomic mass is 10.0. The molecule has 0 saturated carbocycles. The number of carbonyl (C=O) groups excluding carboxylic acids is 1. The summed E-state index contributed by atoms with van der Waals surface area (Å²) in [7, 11) is 0. The smallest absolute Gasteiger partial charge is 0.234 e. The van der Waals surface area contributed by atoms with Crippen molar-refractivity contribution in [3.63, 3.8) is 0 Å². The van der Waals surface area contributed by atoms with Crippen LogP contribution in [0, 0.1) is 0 Å². The molecule has 0 aliphatic heterocycles. The zero-order valence-electron chi connectivity index (χ0n) is 12.9. The monoisotopic (exact) mass is 377 g/mol. The third-order valence-corrected chi connectivity index (χ3v) is 4.99. The van der Waals surface area contributed by atoms with Crippen LogP contribution in [0.15, 0.2) is 51.8 Å². The number of benzene rings is 2. The number of amides is 1. The van der Waals surface area contributed by atoms with E-state index >= 15 is 0 Å². The Bertz CT molecular complexity index is 618. The summed E-state index contributed by atoms with van der Waals surface area (Å²) in [4.78, 5) is 13.3. The van der Waals surface area contributed by atoms with Crippen LogP contribution in [0.1, 0.15) is 25.0 Å². The number of hydrogen-bond acceptors (Lipinski definition) is 2. The van der Waals surface area contributed by atoms with Crippen LogP contribution in [0.5, 0.6) is 0 Å². The highest BCUT2D eigenvalue weighted by Gasteiger charge is 2.10. The number of rotatable bonds is 6. The van der Waals surface area contributed by atoms with Crippen LogP contribution in [0.2, 0.25) is 0 Å². The molecular weight excluding hydrogens is 358 g/mol. The molecule has 2 rings (SSSR count). The van der Waals surface area contributed by atoms with Gasteiger partial charge in [0.15, 0.2) is 0 Å². The fourth-order valence-electron chi connectivity index (χ4n) is 2.26. The first kappa shape index (κ1) is 17.1. The number of hydrogen-bond donors (Lipinski definition) is 1. The second kappa shape index (κ2) is 8.39. The molecule has 0 aromatic heterocycles. The Balaban J connectivity index is 2.01. The Morgan fingerprint density at radius 2 is 1.64 bits per heavy atom. The van der Waals surface area contributed by atoms with Crippen molar-refractivity contribution in [2.24, 2.45) is 0 Å². The highest BCUT2D eigenvalue weighted by molar-refractivity contribution is 9.10. The summed E-state index contributed by atoms with van der Waals surface area (Å²) in [6.45, 7) is 4.22. The van der Waals surface area contributed by atoms with E-state index in [0.29, 0.717) is 5.75 Å². The molecule has 22 heavy (non-hydrogen) atoms. The van der Waals surface area contributed by atoms with E-state index in [1.54, 1.807) is 11.8 Å². The quantitative estimate of drug-likeness (QED) is 0.691. The van der Waals surface area contributed by atoms with Crippen LogP contribution in [0.25, 0.3) is 0 Å². The largest absolute Gasteiger partial charge is 0.325 e. The first-order chi connectivity index (χ1) is 10.6. The van der Waals surface area contributed by atoms with Gasteiger partial charge in [0, 0.05) is 15.1 Å². The van der Waals surface area contributed by atoms with Gasteiger partial charge in [-0.1, -0.05) is 48.0 Å². The number of halogens is 1. The van der Waals surface area contributed by atoms with Crippen molar-refractivity contribution < 1.29 is 4.79 Å². The summed E-state index contributed by atoms with van der Waals surface area (Å²) in [6, 6.07) is 14.2. The Labute approximate surface area is 144 Å². The number of para-hydroxylation sites is 1. The average Bonchev–Trinajstić information content (AvgIpc) is 2.54. The molecular formula is C18H20BrNOS. The van der Waals surface area contributed by atoms with Gasteiger partial charge in [-0.25, -0.2) is 0 Å². The molecule has 2 nitrogen and oxygen atoms in total. The SMILES string of the molecule is CCc1cccc(CC)c1NC(=O)CSc1ccc(Br)cc1. The van der Waals surface area contributed by atoms with Gasteiger partial charge in [0.1, 0.15) is 0 Å². The Morgan fingerprint density at radius 3 is 2.18 bits per heavy atom. The van der Waals surface area contributed by atoms with Crippen LogP contribution in [-0.4, -0.2) is 11.7 Å². The van der Waals surface area contributed by atoms with E-state index in [1.807, 2.05) is 24.3 Å². The van der Waals surface area contributed by atoms with Crippen LogP contribution < -0.4 is 5.32 Å². The van der Waals surface area contributed by atoms with Gasteiger partial charge in [0.2, 0.25) is 5.91 Å². The predicted octanol–water partition coefficient (Wildman–Crippen LogP) is 5.30. The normalized spacial score (nSPS) is 10.5. The van der Waals surface area contributed by atoms with Gasteiger partial charge in [-0.2, -0.15) is 0 Å². The summed E-state index contributed by atoms with van der Waals surface area (Å²) >= 11 is 4.96. The molecule has 0 spiro atoms. The summed E-state index contributed by atoms with van der Waals surface area (Å²) in [6.07, 6.45) is 1.84. The highest BCUT2D eigenvalue weighted by atomic mass is 79.9. The average molecular weight is 378 g/mol. The van der Waals surface area contributed by atoms with E-state index in [-0.39, 0.29) is 5.91 Å². The van der Waals surface area contributed by atoms with Crippen LogP contribution in [0.4, 0.5) is 5.69 Å². The topological polar surface area (TPSA) is 29.1 Å². The fourth-order valence-corrected chi connectivity index (χ4v) is 3.22. The van der Waals surface area contributed by atoms with Crippen molar-refractivity contribution in [2.45, 2.75) is 31.6 Å². The highest BCUT2D eigenvalue weighted by Crippen LogP contribution is 2.24. The molecule has 0 radical (unpaired) electrons. The third-order valence-electron chi connectivity index (χ3n) is 3.45. The van der Waals surface area contributed by atoms with Gasteiger partial charge in [-0.3, -0.25) is 4.79 Å². The Kier molecular flexibility index (Phi) is 6.52. The molecule has 1 N–H and O–H groups in total. The predicted molar refractivity (Wildman–Crippen MR) is 98.7 cm³/mol. The maximum absolute atomic E-state index is 12.2. The molecule has 2 aromatic carbocycles. The molecule has 1 amide bonds. The van der Waals surface area contributed by atoms with E-state index in [0.717, 1.165) is 27.9 Å².